The lowest BCUT2D eigenvalue weighted by Gasteiger charge is -2.22. The van der Waals surface area contributed by atoms with Gasteiger partial charge >= 0.3 is 0 Å². The molecule has 1 nitrogen and oxygen atoms in total. The average Bonchev–Trinajstić information content (AvgIpc) is 3.12. The molecular formula is C14H26ClN. The largest absolute Gasteiger partial charge is 0.303 e. The number of hydrogen-bond acceptors (Lipinski definition) is 1. The van der Waals surface area contributed by atoms with E-state index in [-0.39, 0.29) is 0 Å². The molecule has 0 N–H and O–H groups in total. The molecule has 2 aliphatic rings. The van der Waals surface area contributed by atoms with Crippen molar-refractivity contribution in [3.05, 3.63) is 0 Å². The van der Waals surface area contributed by atoms with Gasteiger partial charge in [0, 0.05) is 19.0 Å². The third-order valence-corrected chi connectivity index (χ3v) is 4.05. The van der Waals surface area contributed by atoms with E-state index in [4.69, 9.17) is 11.6 Å². The smallest absolute Gasteiger partial charge is 0.0223 e. The Kier molecular flexibility index (Phi) is 5.44. The number of rotatable bonds is 10. The molecule has 0 aliphatic heterocycles. The molecule has 0 radical (unpaired) electrons. The summed E-state index contributed by atoms with van der Waals surface area (Å²) in [6.45, 7) is 4.13. The summed E-state index contributed by atoms with van der Waals surface area (Å²) in [4.78, 5) is 2.75. The van der Waals surface area contributed by atoms with Crippen LogP contribution in [-0.4, -0.2) is 30.4 Å². The van der Waals surface area contributed by atoms with E-state index in [1.165, 1.54) is 71.0 Å². The van der Waals surface area contributed by atoms with Gasteiger partial charge in [0.1, 0.15) is 0 Å². The molecule has 16 heavy (non-hydrogen) atoms. The molecule has 2 saturated carbocycles. The van der Waals surface area contributed by atoms with Gasteiger partial charge in [-0.3, -0.25) is 0 Å². The van der Waals surface area contributed by atoms with Crippen LogP contribution in [-0.2, 0) is 0 Å². The predicted octanol–water partition coefficient (Wildman–Crippen LogP) is 3.91. The number of hydrogen-bond donors (Lipinski definition) is 0. The Balaban J connectivity index is 1.53. The summed E-state index contributed by atoms with van der Waals surface area (Å²) in [6.07, 6.45) is 11.3. The normalized spacial score (nSPS) is 20.6. The Morgan fingerprint density at radius 1 is 0.812 bits per heavy atom. The Morgan fingerprint density at radius 3 is 1.88 bits per heavy atom. The predicted molar refractivity (Wildman–Crippen MR) is 71.1 cm³/mol. The van der Waals surface area contributed by atoms with E-state index < -0.39 is 0 Å². The van der Waals surface area contributed by atoms with Crippen molar-refractivity contribution < 1.29 is 0 Å². The third-order valence-electron chi connectivity index (χ3n) is 3.78. The summed E-state index contributed by atoms with van der Waals surface area (Å²) in [5.74, 6) is 2.96. The van der Waals surface area contributed by atoms with Crippen molar-refractivity contribution in [2.75, 3.05) is 25.5 Å². The Hall–Kier alpha value is 0.250. The van der Waals surface area contributed by atoms with Crippen molar-refractivity contribution in [2.45, 2.75) is 51.4 Å². The zero-order chi connectivity index (χ0) is 11.2. The summed E-state index contributed by atoms with van der Waals surface area (Å²) < 4.78 is 0. The highest BCUT2D eigenvalue weighted by atomic mass is 35.5. The first kappa shape index (κ1) is 12.7. The van der Waals surface area contributed by atoms with Crippen LogP contribution < -0.4 is 0 Å². The number of nitrogens with zero attached hydrogens (tertiary/aromatic N) is 1. The molecule has 0 amide bonds. The topological polar surface area (TPSA) is 3.24 Å². The zero-order valence-electron chi connectivity index (χ0n) is 10.5. The van der Waals surface area contributed by atoms with E-state index in [2.05, 4.69) is 4.90 Å². The molecule has 94 valence electrons. The Bertz CT molecular complexity index is 173. The van der Waals surface area contributed by atoms with Crippen molar-refractivity contribution in [3.63, 3.8) is 0 Å². The molecule has 0 aromatic carbocycles. The molecule has 0 bridgehead atoms. The summed E-state index contributed by atoms with van der Waals surface area (Å²) in [5, 5.41) is 0. The maximum atomic E-state index is 5.69. The van der Waals surface area contributed by atoms with Gasteiger partial charge in [0.25, 0.3) is 0 Å². The fourth-order valence-corrected chi connectivity index (χ4v) is 2.56. The summed E-state index contributed by atoms with van der Waals surface area (Å²) in [6, 6.07) is 0. The van der Waals surface area contributed by atoms with Gasteiger partial charge in [-0.2, -0.15) is 0 Å². The van der Waals surface area contributed by atoms with Gasteiger partial charge in [-0.05, 0) is 56.9 Å². The number of alkyl halides is 1. The minimum atomic E-state index is 0.841. The molecule has 0 heterocycles. The first-order valence-electron chi connectivity index (χ1n) is 7.17. The summed E-state index contributed by atoms with van der Waals surface area (Å²) >= 11 is 5.69. The lowest BCUT2D eigenvalue weighted by Crippen LogP contribution is -2.29. The summed E-state index contributed by atoms with van der Waals surface area (Å²) in [7, 11) is 0. The van der Waals surface area contributed by atoms with E-state index in [0.717, 1.165) is 17.7 Å². The molecule has 0 atom stereocenters. The SMILES string of the molecule is ClCCCCCCN(CC1CC1)CC1CC1. The van der Waals surface area contributed by atoms with Gasteiger partial charge in [-0.1, -0.05) is 12.8 Å². The average molecular weight is 244 g/mol. The molecule has 0 aromatic rings. The van der Waals surface area contributed by atoms with E-state index in [1.54, 1.807) is 0 Å². The molecule has 2 aliphatic carbocycles. The van der Waals surface area contributed by atoms with Crippen molar-refractivity contribution in [1.82, 2.24) is 4.90 Å². The van der Waals surface area contributed by atoms with Crippen LogP contribution in [0.4, 0.5) is 0 Å². The minimum absolute atomic E-state index is 0.841. The first-order valence-corrected chi connectivity index (χ1v) is 7.70. The molecule has 2 heteroatoms. The quantitative estimate of drug-likeness (QED) is 0.416. The van der Waals surface area contributed by atoms with Crippen molar-refractivity contribution in [2.24, 2.45) is 11.8 Å². The van der Waals surface area contributed by atoms with E-state index >= 15 is 0 Å². The lowest BCUT2D eigenvalue weighted by molar-refractivity contribution is 0.247. The van der Waals surface area contributed by atoms with Crippen LogP contribution in [0.1, 0.15) is 51.4 Å². The van der Waals surface area contributed by atoms with E-state index in [9.17, 15) is 0 Å². The molecular weight excluding hydrogens is 218 g/mol. The molecule has 0 spiro atoms. The standard InChI is InChI=1S/C14H26ClN/c15-9-3-1-2-4-10-16(11-13-5-6-13)12-14-7-8-14/h13-14H,1-12H2. The van der Waals surface area contributed by atoms with Gasteiger partial charge < -0.3 is 4.90 Å². The fourth-order valence-electron chi connectivity index (χ4n) is 2.37. The van der Waals surface area contributed by atoms with Gasteiger partial charge in [-0.15, -0.1) is 11.6 Å². The van der Waals surface area contributed by atoms with Crippen LogP contribution in [0.2, 0.25) is 0 Å². The van der Waals surface area contributed by atoms with Crippen LogP contribution >= 0.6 is 11.6 Å². The van der Waals surface area contributed by atoms with Gasteiger partial charge in [0.15, 0.2) is 0 Å². The highest BCUT2D eigenvalue weighted by Gasteiger charge is 2.28. The van der Waals surface area contributed by atoms with E-state index in [0.29, 0.717) is 0 Å². The minimum Gasteiger partial charge on any atom is -0.303 e. The van der Waals surface area contributed by atoms with Crippen molar-refractivity contribution in [1.29, 1.82) is 0 Å². The maximum absolute atomic E-state index is 5.69. The summed E-state index contributed by atoms with van der Waals surface area (Å²) in [5.41, 5.74) is 0. The van der Waals surface area contributed by atoms with Crippen LogP contribution in [0.5, 0.6) is 0 Å². The monoisotopic (exact) mass is 243 g/mol. The van der Waals surface area contributed by atoms with Crippen LogP contribution in [0.15, 0.2) is 0 Å². The second-order valence-electron chi connectivity index (χ2n) is 5.75. The van der Waals surface area contributed by atoms with Gasteiger partial charge in [0.2, 0.25) is 0 Å². The fraction of sp³-hybridized carbons (Fsp3) is 1.00. The Morgan fingerprint density at radius 2 is 1.38 bits per heavy atom. The molecule has 2 rings (SSSR count). The number of unbranched alkanes of at least 4 members (excludes halogenated alkanes) is 3. The molecule has 0 unspecified atom stereocenters. The van der Waals surface area contributed by atoms with E-state index in [1.807, 2.05) is 0 Å². The van der Waals surface area contributed by atoms with Crippen LogP contribution in [0, 0.1) is 11.8 Å². The van der Waals surface area contributed by atoms with Crippen molar-refractivity contribution >= 4 is 11.6 Å². The second-order valence-corrected chi connectivity index (χ2v) is 6.13. The molecule has 0 saturated heterocycles. The van der Waals surface area contributed by atoms with Crippen LogP contribution in [0.25, 0.3) is 0 Å². The molecule has 2 fully saturated rings. The third kappa shape index (κ3) is 5.54. The maximum Gasteiger partial charge on any atom is 0.0223 e. The van der Waals surface area contributed by atoms with Gasteiger partial charge in [0.05, 0.1) is 0 Å². The highest BCUT2D eigenvalue weighted by molar-refractivity contribution is 6.17. The molecule has 0 aromatic heterocycles. The van der Waals surface area contributed by atoms with Crippen molar-refractivity contribution in [3.8, 4) is 0 Å². The highest BCUT2D eigenvalue weighted by Crippen LogP contribution is 2.33. The Labute approximate surface area is 106 Å². The number of halogens is 1. The van der Waals surface area contributed by atoms with Gasteiger partial charge in [-0.25, -0.2) is 0 Å². The lowest BCUT2D eigenvalue weighted by atomic mass is 10.2. The first-order chi connectivity index (χ1) is 7.88. The zero-order valence-corrected chi connectivity index (χ0v) is 11.2. The second kappa shape index (κ2) is 6.86. The van der Waals surface area contributed by atoms with Crippen LogP contribution in [0.3, 0.4) is 0 Å².